The largest absolute Gasteiger partial charge is 0.481 e. The van der Waals surface area contributed by atoms with E-state index in [9.17, 15) is 9.59 Å². The maximum absolute atomic E-state index is 12.4. The lowest BCUT2D eigenvalue weighted by Gasteiger charge is -2.23. The number of Topliss-reactive ketones (excluding diaryl/α,β-unsaturated/α-hetero) is 1. The molecule has 0 aromatic heterocycles. The van der Waals surface area contributed by atoms with Crippen molar-refractivity contribution < 1.29 is 14.7 Å². The second-order valence-electron chi connectivity index (χ2n) is 4.51. The van der Waals surface area contributed by atoms with Gasteiger partial charge >= 0.3 is 5.97 Å². The van der Waals surface area contributed by atoms with Crippen molar-refractivity contribution in [1.82, 2.24) is 4.90 Å². The van der Waals surface area contributed by atoms with Crippen molar-refractivity contribution in [3.05, 3.63) is 35.9 Å². The van der Waals surface area contributed by atoms with Crippen LogP contribution in [0, 0.1) is 5.92 Å². The SMILES string of the molecule is CCN(CC)CC(CC(=O)O)C(=O)c1ccccc1. The lowest BCUT2D eigenvalue weighted by atomic mass is 9.94. The molecule has 1 aromatic rings. The predicted octanol–water partition coefficient (Wildman–Crippen LogP) is 2.30. The molecule has 1 aromatic carbocycles. The van der Waals surface area contributed by atoms with Crippen LogP contribution in [-0.4, -0.2) is 41.4 Å². The van der Waals surface area contributed by atoms with Crippen molar-refractivity contribution in [2.45, 2.75) is 20.3 Å². The maximum atomic E-state index is 12.4. The van der Waals surface area contributed by atoms with E-state index in [1.807, 2.05) is 19.9 Å². The molecule has 0 saturated carbocycles. The summed E-state index contributed by atoms with van der Waals surface area (Å²) in [7, 11) is 0. The van der Waals surface area contributed by atoms with Crippen LogP contribution in [0.3, 0.4) is 0 Å². The van der Waals surface area contributed by atoms with Crippen molar-refractivity contribution >= 4 is 11.8 Å². The monoisotopic (exact) mass is 263 g/mol. The topological polar surface area (TPSA) is 57.6 Å². The third-order valence-electron chi connectivity index (χ3n) is 3.22. The number of rotatable bonds is 8. The van der Waals surface area contributed by atoms with Gasteiger partial charge in [0.25, 0.3) is 0 Å². The summed E-state index contributed by atoms with van der Waals surface area (Å²) in [5.41, 5.74) is 0.584. The molecule has 1 atom stereocenters. The fraction of sp³-hybridized carbons (Fsp3) is 0.467. The van der Waals surface area contributed by atoms with E-state index in [0.29, 0.717) is 12.1 Å². The summed E-state index contributed by atoms with van der Waals surface area (Å²) < 4.78 is 0. The average molecular weight is 263 g/mol. The molecule has 0 bridgehead atoms. The van der Waals surface area contributed by atoms with E-state index < -0.39 is 11.9 Å². The number of hydrogen-bond acceptors (Lipinski definition) is 3. The molecule has 19 heavy (non-hydrogen) atoms. The molecule has 0 saturated heterocycles. The highest BCUT2D eigenvalue weighted by atomic mass is 16.4. The first kappa shape index (κ1) is 15.4. The Balaban J connectivity index is 2.84. The smallest absolute Gasteiger partial charge is 0.304 e. The van der Waals surface area contributed by atoms with Crippen LogP contribution in [0.25, 0.3) is 0 Å². The fourth-order valence-electron chi connectivity index (χ4n) is 2.08. The number of carbonyl (C=O) groups is 2. The zero-order valence-corrected chi connectivity index (χ0v) is 11.5. The van der Waals surface area contributed by atoms with Crippen LogP contribution >= 0.6 is 0 Å². The molecule has 104 valence electrons. The average Bonchev–Trinajstić information content (AvgIpc) is 2.43. The molecule has 1 rings (SSSR count). The van der Waals surface area contributed by atoms with Crippen LogP contribution in [0.2, 0.25) is 0 Å². The number of carboxylic acid groups (broad SMARTS) is 1. The Morgan fingerprint density at radius 3 is 2.21 bits per heavy atom. The zero-order valence-electron chi connectivity index (χ0n) is 11.5. The quantitative estimate of drug-likeness (QED) is 0.731. The Morgan fingerprint density at radius 2 is 1.74 bits per heavy atom. The van der Waals surface area contributed by atoms with E-state index in [1.165, 1.54) is 0 Å². The molecule has 0 radical (unpaired) electrons. The van der Waals surface area contributed by atoms with E-state index in [2.05, 4.69) is 4.90 Å². The van der Waals surface area contributed by atoms with Gasteiger partial charge in [-0.2, -0.15) is 0 Å². The van der Waals surface area contributed by atoms with E-state index in [0.717, 1.165) is 13.1 Å². The van der Waals surface area contributed by atoms with Crippen molar-refractivity contribution in [2.75, 3.05) is 19.6 Å². The van der Waals surface area contributed by atoms with Crippen LogP contribution in [-0.2, 0) is 4.79 Å². The first-order valence-corrected chi connectivity index (χ1v) is 6.61. The summed E-state index contributed by atoms with van der Waals surface area (Å²) in [5.74, 6) is -1.50. The maximum Gasteiger partial charge on any atom is 0.304 e. The Hall–Kier alpha value is -1.68. The summed E-state index contributed by atoms with van der Waals surface area (Å²) in [6.07, 6.45) is -0.121. The van der Waals surface area contributed by atoms with Crippen LogP contribution < -0.4 is 0 Å². The molecule has 0 fully saturated rings. The van der Waals surface area contributed by atoms with E-state index >= 15 is 0 Å². The summed E-state index contributed by atoms with van der Waals surface area (Å²) in [4.78, 5) is 25.4. The Labute approximate surface area is 114 Å². The summed E-state index contributed by atoms with van der Waals surface area (Å²) in [5, 5.41) is 8.97. The van der Waals surface area contributed by atoms with E-state index in [-0.39, 0.29) is 12.2 Å². The molecular formula is C15H21NO3. The van der Waals surface area contributed by atoms with Crippen molar-refractivity contribution in [3.63, 3.8) is 0 Å². The van der Waals surface area contributed by atoms with Crippen LogP contribution in [0.15, 0.2) is 30.3 Å². The van der Waals surface area contributed by atoms with E-state index in [1.54, 1.807) is 24.3 Å². The van der Waals surface area contributed by atoms with Gasteiger partial charge in [0.05, 0.1) is 6.42 Å². The van der Waals surface area contributed by atoms with Gasteiger partial charge in [-0.3, -0.25) is 9.59 Å². The molecule has 1 unspecified atom stereocenters. The molecule has 4 nitrogen and oxygen atoms in total. The second-order valence-corrected chi connectivity index (χ2v) is 4.51. The number of aliphatic carboxylic acids is 1. The van der Waals surface area contributed by atoms with Gasteiger partial charge in [0.1, 0.15) is 0 Å². The highest BCUT2D eigenvalue weighted by molar-refractivity contribution is 5.99. The second kappa shape index (κ2) is 7.69. The highest BCUT2D eigenvalue weighted by Crippen LogP contribution is 2.14. The standard InChI is InChI=1S/C15H21NO3/c1-3-16(4-2)11-13(10-14(17)18)15(19)12-8-6-5-7-9-12/h5-9,13H,3-4,10-11H2,1-2H3,(H,17,18). The molecule has 4 heteroatoms. The Kier molecular flexibility index (Phi) is 6.22. The number of benzene rings is 1. The zero-order chi connectivity index (χ0) is 14.3. The molecule has 0 aliphatic carbocycles. The molecule has 0 aliphatic heterocycles. The molecular weight excluding hydrogens is 242 g/mol. The summed E-state index contributed by atoms with van der Waals surface area (Å²) >= 11 is 0. The summed E-state index contributed by atoms with van der Waals surface area (Å²) in [6, 6.07) is 8.90. The number of ketones is 1. The third kappa shape index (κ3) is 4.83. The Morgan fingerprint density at radius 1 is 1.16 bits per heavy atom. The first-order chi connectivity index (χ1) is 9.08. The Bertz CT molecular complexity index is 413. The predicted molar refractivity (Wildman–Crippen MR) is 74.3 cm³/mol. The number of carboxylic acids is 1. The lowest BCUT2D eigenvalue weighted by molar-refractivity contribution is -0.137. The minimum absolute atomic E-state index is 0.0881. The van der Waals surface area contributed by atoms with Gasteiger partial charge in [-0.1, -0.05) is 44.2 Å². The number of carbonyl (C=O) groups excluding carboxylic acids is 1. The van der Waals surface area contributed by atoms with Crippen LogP contribution in [0.4, 0.5) is 0 Å². The molecule has 0 spiro atoms. The summed E-state index contributed by atoms with van der Waals surface area (Å²) in [6.45, 7) is 6.14. The third-order valence-corrected chi connectivity index (χ3v) is 3.22. The van der Waals surface area contributed by atoms with Crippen LogP contribution in [0.1, 0.15) is 30.6 Å². The molecule has 0 heterocycles. The molecule has 0 amide bonds. The van der Waals surface area contributed by atoms with Gasteiger partial charge in [0.15, 0.2) is 5.78 Å². The minimum atomic E-state index is -0.929. The minimum Gasteiger partial charge on any atom is -0.481 e. The van der Waals surface area contributed by atoms with Crippen molar-refractivity contribution in [2.24, 2.45) is 5.92 Å². The first-order valence-electron chi connectivity index (χ1n) is 6.61. The van der Waals surface area contributed by atoms with Crippen molar-refractivity contribution in [1.29, 1.82) is 0 Å². The van der Waals surface area contributed by atoms with Gasteiger partial charge in [-0.25, -0.2) is 0 Å². The molecule has 1 N–H and O–H groups in total. The van der Waals surface area contributed by atoms with Gasteiger partial charge in [0, 0.05) is 18.0 Å². The van der Waals surface area contributed by atoms with Crippen molar-refractivity contribution in [3.8, 4) is 0 Å². The van der Waals surface area contributed by atoms with E-state index in [4.69, 9.17) is 5.11 Å². The van der Waals surface area contributed by atoms with Gasteiger partial charge in [0.2, 0.25) is 0 Å². The van der Waals surface area contributed by atoms with Crippen LogP contribution in [0.5, 0.6) is 0 Å². The van der Waals surface area contributed by atoms with Gasteiger partial charge in [-0.15, -0.1) is 0 Å². The van der Waals surface area contributed by atoms with Gasteiger partial charge < -0.3 is 10.0 Å². The number of nitrogens with zero attached hydrogens (tertiary/aromatic N) is 1. The highest BCUT2D eigenvalue weighted by Gasteiger charge is 2.24. The fourth-order valence-corrected chi connectivity index (χ4v) is 2.08. The number of hydrogen-bond donors (Lipinski definition) is 1. The normalized spacial score (nSPS) is 12.4. The van der Waals surface area contributed by atoms with Gasteiger partial charge in [-0.05, 0) is 13.1 Å². The molecule has 0 aliphatic rings. The lowest BCUT2D eigenvalue weighted by Crippen LogP contribution is -2.34.